The molecule has 6 aromatic carbocycles. The molecule has 8 rings (SSSR count). The van der Waals surface area contributed by atoms with Crippen molar-refractivity contribution >= 4 is 43.6 Å². The second kappa shape index (κ2) is 11.2. The number of hydrogen-bond acceptors (Lipinski definition) is 2. The maximum atomic E-state index is 10.6. The smallest absolute Gasteiger partial charge is 0.0998 e. The molecule has 0 unspecified atom stereocenters. The molecule has 50 heavy (non-hydrogen) atoms. The second-order valence-corrected chi connectivity index (χ2v) is 15.3. The van der Waals surface area contributed by atoms with Crippen LogP contribution in [-0.4, -0.2) is 9.13 Å². The zero-order valence-electron chi connectivity index (χ0n) is 29.3. The van der Waals surface area contributed by atoms with E-state index in [2.05, 4.69) is 160 Å². The van der Waals surface area contributed by atoms with Gasteiger partial charge in [-0.3, -0.25) is 0 Å². The lowest BCUT2D eigenvalue weighted by Crippen LogP contribution is -2.10. The number of aromatic nitrogens is 2. The van der Waals surface area contributed by atoms with Gasteiger partial charge in [0.25, 0.3) is 0 Å². The Kier molecular flexibility index (Phi) is 7.00. The highest BCUT2D eigenvalue weighted by atomic mass is 15.0. The van der Waals surface area contributed by atoms with Crippen LogP contribution in [0.4, 0.5) is 0 Å². The van der Waals surface area contributed by atoms with Crippen molar-refractivity contribution in [1.29, 1.82) is 10.5 Å². The Hall–Kier alpha value is -6.10. The molecule has 4 heteroatoms. The molecular formula is C46H38N4. The SMILES string of the molecule is CC(C)(C)c1ccc2c(c1)c1cc(C(C)(C)C)ccc1n2-c1ccc2c3ccccc3n(-c3ccccc3)c2c1-c1ccc(C#N)cc1C#N. The number of nitrogens with zero attached hydrogens (tertiary/aromatic N) is 4. The summed E-state index contributed by atoms with van der Waals surface area (Å²) in [5, 5.41) is 25.1. The topological polar surface area (TPSA) is 57.4 Å². The summed E-state index contributed by atoms with van der Waals surface area (Å²) in [7, 11) is 0. The summed E-state index contributed by atoms with van der Waals surface area (Å²) in [6.45, 7) is 13.6. The van der Waals surface area contributed by atoms with Crippen LogP contribution in [0.2, 0.25) is 0 Å². The minimum atomic E-state index is -0.0187. The molecule has 0 amide bonds. The average Bonchev–Trinajstić information content (AvgIpc) is 3.63. The van der Waals surface area contributed by atoms with Gasteiger partial charge in [-0.25, -0.2) is 0 Å². The number of fused-ring (bicyclic) bond motifs is 6. The van der Waals surface area contributed by atoms with Gasteiger partial charge in [0, 0.05) is 38.4 Å². The zero-order chi connectivity index (χ0) is 34.9. The predicted octanol–water partition coefficient (Wildman–Crippen LogP) is 11.9. The second-order valence-electron chi connectivity index (χ2n) is 15.3. The summed E-state index contributed by atoms with van der Waals surface area (Å²) in [6.07, 6.45) is 0. The molecule has 0 aliphatic heterocycles. The van der Waals surface area contributed by atoms with Crippen molar-refractivity contribution in [1.82, 2.24) is 9.13 Å². The molecular weight excluding hydrogens is 609 g/mol. The van der Waals surface area contributed by atoms with Gasteiger partial charge < -0.3 is 9.13 Å². The first-order valence-corrected chi connectivity index (χ1v) is 17.2. The molecule has 0 spiro atoms. The van der Waals surface area contributed by atoms with Gasteiger partial charge in [-0.1, -0.05) is 102 Å². The molecule has 0 N–H and O–H groups in total. The zero-order valence-corrected chi connectivity index (χ0v) is 29.3. The number of rotatable bonds is 3. The van der Waals surface area contributed by atoms with Gasteiger partial charge in [-0.2, -0.15) is 10.5 Å². The van der Waals surface area contributed by atoms with E-state index in [-0.39, 0.29) is 10.8 Å². The minimum Gasteiger partial charge on any atom is -0.309 e. The first-order valence-electron chi connectivity index (χ1n) is 17.2. The predicted molar refractivity (Wildman–Crippen MR) is 207 cm³/mol. The van der Waals surface area contributed by atoms with E-state index in [9.17, 15) is 10.5 Å². The van der Waals surface area contributed by atoms with E-state index in [0.29, 0.717) is 11.1 Å². The van der Waals surface area contributed by atoms with Crippen molar-refractivity contribution in [2.75, 3.05) is 0 Å². The van der Waals surface area contributed by atoms with E-state index in [1.807, 2.05) is 18.2 Å². The van der Waals surface area contributed by atoms with Gasteiger partial charge in [0.05, 0.1) is 51.0 Å². The molecule has 0 aliphatic carbocycles. The van der Waals surface area contributed by atoms with Gasteiger partial charge in [0.1, 0.15) is 0 Å². The Morgan fingerprint density at radius 2 is 1.10 bits per heavy atom. The minimum absolute atomic E-state index is 0.0187. The maximum Gasteiger partial charge on any atom is 0.0998 e. The summed E-state index contributed by atoms with van der Waals surface area (Å²) in [4.78, 5) is 0. The summed E-state index contributed by atoms with van der Waals surface area (Å²) in [5.74, 6) is 0. The molecule has 0 fully saturated rings. The van der Waals surface area contributed by atoms with Crippen LogP contribution < -0.4 is 0 Å². The molecule has 2 aromatic heterocycles. The molecule has 0 aliphatic rings. The average molecular weight is 647 g/mol. The molecule has 0 radical (unpaired) electrons. The number of para-hydroxylation sites is 2. The van der Waals surface area contributed by atoms with E-state index < -0.39 is 0 Å². The third-order valence-electron chi connectivity index (χ3n) is 10.1. The third-order valence-corrected chi connectivity index (χ3v) is 10.1. The highest BCUT2D eigenvalue weighted by Crippen LogP contribution is 2.45. The van der Waals surface area contributed by atoms with E-state index in [1.165, 1.54) is 21.9 Å². The highest BCUT2D eigenvalue weighted by molar-refractivity contribution is 6.17. The molecule has 0 atom stereocenters. The Balaban J connectivity index is 1.61. The van der Waals surface area contributed by atoms with Crippen LogP contribution in [0.5, 0.6) is 0 Å². The van der Waals surface area contributed by atoms with Crippen molar-refractivity contribution in [3.05, 3.63) is 144 Å². The van der Waals surface area contributed by atoms with Gasteiger partial charge in [-0.15, -0.1) is 0 Å². The normalized spacial score (nSPS) is 12.2. The summed E-state index contributed by atoms with van der Waals surface area (Å²) >= 11 is 0. The standard InChI is InChI=1S/C46H38N4/c1-45(2,3)31-17-21-40-37(25-31)38-26-32(46(4,5)6)18-22-41(38)50(40)42-23-20-36-35-14-10-11-15-39(35)49(33-12-8-7-9-13-33)44(36)43(42)34-19-16-29(27-47)24-30(34)28-48/h7-26H,1-6H3. The highest BCUT2D eigenvalue weighted by Gasteiger charge is 2.26. The fourth-order valence-electron chi connectivity index (χ4n) is 7.48. The van der Waals surface area contributed by atoms with Gasteiger partial charge >= 0.3 is 0 Å². The number of hydrogen-bond donors (Lipinski definition) is 0. The Labute approximate surface area is 293 Å². The monoisotopic (exact) mass is 646 g/mol. The van der Waals surface area contributed by atoms with Crippen molar-refractivity contribution in [3.63, 3.8) is 0 Å². The van der Waals surface area contributed by atoms with Crippen molar-refractivity contribution in [2.24, 2.45) is 0 Å². The lowest BCUT2D eigenvalue weighted by Gasteiger charge is -2.20. The fraction of sp³-hybridized carbons (Fsp3) is 0.174. The summed E-state index contributed by atoms with van der Waals surface area (Å²) in [5.41, 5.74) is 11.5. The van der Waals surface area contributed by atoms with Crippen LogP contribution in [0.15, 0.2) is 121 Å². The van der Waals surface area contributed by atoms with Crippen molar-refractivity contribution in [3.8, 4) is 34.6 Å². The quantitative estimate of drug-likeness (QED) is 0.192. The maximum absolute atomic E-state index is 10.6. The third kappa shape index (κ3) is 4.80. The van der Waals surface area contributed by atoms with E-state index in [4.69, 9.17) is 0 Å². The Morgan fingerprint density at radius 3 is 1.70 bits per heavy atom. The molecule has 0 saturated carbocycles. The fourth-order valence-corrected chi connectivity index (χ4v) is 7.48. The summed E-state index contributed by atoms with van der Waals surface area (Å²) in [6, 6.07) is 47.3. The van der Waals surface area contributed by atoms with Crippen LogP contribution >= 0.6 is 0 Å². The van der Waals surface area contributed by atoms with Crippen LogP contribution in [0.3, 0.4) is 0 Å². The van der Waals surface area contributed by atoms with Crippen LogP contribution in [-0.2, 0) is 10.8 Å². The lowest BCUT2D eigenvalue weighted by molar-refractivity contribution is 0.590. The van der Waals surface area contributed by atoms with Crippen LogP contribution in [0, 0.1) is 22.7 Å². The van der Waals surface area contributed by atoms with Gasteiger partial charge in [0.15, 0.2) is 0 Å². The first-order chi connectivity index (χ1) is 24.0. The van der Waals surface area contributed by atoms with Crippen molar-refractivity contribution < 1.29 is 0 Å². The van der Waals surface area contributed by atoms with E-state index in [0.717, 1.165) is 55.3 Å². The molecule has 2 heterocycles. The van der Waals surface area contributed by atoms with E-state index in [1.54, 1.807) is 6.07 Å². The largest absolute Gasteiger partial charge is 0.309 e. The van der Waals surface area contributed by atoms with Crippen LogP contribution in [0.25, 0.3) is 66.1 Å². The molecule has 242 valence electrons. The summed E-state index contributed by atoms with van der Waals surface area (Å²) < 4.78 is 4.71. The first kappa shape index (κ1) is 31.2. The van der Waals surface area contributed by atoms with Crippen molar-refractivity contribution in [2.45, 2.75) is 52.4 Å². The van der Waals surface area contributed by atoms with E-state index >= 15 is 0 Å². The molecule has 4 nitrogen and oxygen atoms in total. The van der Waals surface area contributed by atoms with Crippen LogP contribution in [0.1, 0.15) is 63.8 Å². The number of nitriles is 2. The Morgan fingerprint density at radius 1 is 0.500 bits per heavy atom. The Bertz CT molecular complexity index is 2660. The van der Waals surface area contributed by atoms with Gasteiger partial charge in [-0.05, 0) is 82.6 Å². The van der Waals surface area contributed by atoms with Gasteiger partial charge in [0.2, 0.25) is 0 Å². The molecule has 8 aromatic rings. The molecule has 0 bridgehead atoms. The molecule has 0 saturated heterocycles. The lowest BCUT2D eigenvalue weighted by atomic mass is 9.85. The number of benzene rings is 6.